The molecule has 0 aromatic carbocycles. The van der Waals surface area contributed by atoms with Crippen LogP contribution < -0.4 is 5.32 Å². The van der Waals surface area contributed by atoms with Crippen LogP contribution in [0.1, 0.15) is 39.0 Å². The highest BCUT2D eigenvalue weighted by molar-refractivity contribution is 4.84. The number of nitrogens with one attached hydrogen (secondary N) is 1. The van der Waals surface area contributed by atoms with Crippen molar-refractivity contribution in [3.8, 4) is 0 Å². The van der Waals surface area contributed by atoms with Crippen molar-refractivity contribution in [1.82, 2.24) is 15.1 Å². The van der Waals surface area contributed by atoms with E-state index in [1.165, 1.54) is 58.3 Å². The van der Waals surface area contributed by atoms with Gasteiger partial charge in [0, 0.05) is 38.3 Å². The third-order valence-electron chi connectivity index (χ3n) is 5.09. The predicted octanol–water partition coefficient (Wildman–Crippen LogP) is 1.79. The third kappa shape index (κ3) is 3.69. The summed E-state index contributed by atoms with van der Waals surface area (Å²) in [6, 6.07) is 1.42. The van der Waals surface area contributed by atoms with Gasteiger partial charge < -0.3 is 10.2 Å². The van der Waals surface area contributed by atoms with Gasteiger partial charge in [-0.05, 0) is 39.8 Å². The zero-order chi connectivity index (χ0) is 13.0. The second-order valence-corrected chi connectivity index (χ2v) is 6.38. The van der Waals surface area contributed by atoms with Gasteiger partial charge >= 0.3 is 0 Å². The van der Waals surface area contributed by atoms with Crippen molar-refractivity contribution in [2.75, 3.05) is 40.3 Å². The van der Waals surface area contributed by atoms with E-state index >= 15 is 0 Å². The van der Waals surface area contributed by atoms with Crippen molar-refractivity contribution in [3.63, 3.8) is 0 Å². The normalized spacial score (nSPS) is 30.5. The maximum Gasteiger partial charge on any atom is 0.0220 e. The fourth-order valence-corrected chi connectivity index (χ4v) is 3.58. The van der Waals surface area contributed by atoms with E-state index in [0.717, 1.165) is 5.92 Å². The second-order valence-electron chi connectivity index (χ2n) is 6.38. The maximum absolute atomic E-state index is 3.59. The van der Waals surface area contributed by atoms with E-state index in [1.54, 1.807) is 0 Å². The minimum absolute atomic E-state index is 0.709. The monoisotopic (exact) mass is 253 g/mol. The number of hydrogen-bond donors (Lipinski definition) is 1. The first-order valence-electron chi connectivity index (χ1n) is 7.80. The lowest BCUT2D eigenvalue weighted by Crippen LogP contribution is -2.54. The molecule has 2 rings (SSSR count). The summed E-state index contributed by atoms with van der Waals surface area (Å²) >= 11 is 0. The molecule has 1 saturated heterocycles. The topological polar surface area (TPSA) is 18.5 Å². The van der Waals surface area contributed by atoms with E-state index in [4.69, 9.17) is 0 Å². The van der Waals surface area contributed by atoms with Crippen LogP contribution in [0.15, 0.2) is 0 Å². The molecule has 2 unspecified atom stereocenters. The quantitative estimate of drug-likeness (QED) is 0.824. The fourth-order valence-electron chi connectivity index (χ4n) is 3.58. The second kappa shape index (κ2) is 6.88. The maximum atomic E-state index is 3.59. The number of likely N-dealkylation sites (N-methyl/N-ethyl adjacent to an activating group) is 2. The molecule has 0 aromatic heterocycles. The lowest BCUT2D eigenvalue weighted by atomic mass is 9.83. The van der Waals surface area contributed by atoms with Gasteiger partial charge in [0.15, 0.2) is 0 Å². The molecular formula is C15H31N3. The summed E-state index contributed by atoms with van der Waals surface area (Å²) < 4.78 is 0. The van der Waals surface area contributed by atoms with Crippen molar-refractivity contribution in [3.05, 3.63) is 0 Å². The van der Waals surface area contributed by atoms with Crippen LogP contribution in [-0.2, 0) is 0 Å². The summed E-state index contributed by atoms with van der Waals surface area (Å²) in [5.41, 5.74) is 0. The Balaban J connectivity index is 1.82. The fraction of sp³-hybridized carbons (Fsp3) is 1.00. The Hall–Kier alpha value is -0.120. The minimum Gasteiger partial charge on any atom is -0.315 e. The van der Waals surface area contributed by atoms with Crippen molar-refractivity contribution in [2.24, 2.45) is 5.92 Å². The Bertz CT molecular complexity index is 238. The molecule has 106 valence electrons. The Morgan fingerprint density at radius 2 is 1.89 bits per heavy atom. The predicted molar refractivity (Wildman–Crippen MR) is 78.0 cm³/mol. The van der Waals surface area contributed by atoms with Gasteiger partial charge in [-0.1, -0.05) is 19.3 Å². The molecule has 2 aliphatic rings. The Morgan fingerprint density at radius 3 is 2.50 bits per heavy atom. The van der Waals surface area contributed by atoms with Crippen LogP contribution >= 0.6 is 0 Å². The zero-order valence-electron chi connectivity index (χ0n) is 12.5. The molecule has 1 aliphatic carbocycles. The molecule has 1 aliphatic heterocycles. The van der Waals surface area contributed by atoms with Crippen molar-refractivity contribution in [1.29, 1.82) is 0 Å². The standard InChI is InChI=1S/C15H31N3/c1-13-11-18(10-9-17(13)3)12-15(16-2)14-7-5-4-6-8-14/h13-16H,4-12H2,1-3H3. The van der Waals surface area contributed by atoms with E-state index in [0.29, 0.717) is 12.1 Å². The SMILES string of the molecule is CNC(CN1CCN(C)C(C)C1)C1CCCCC1. The highest BCUT2D eigenvalue weighted by atomic mass is 15.3. The highest BCUT2D eigenvalue weighted by Gasteiger charge is 2.27. The summed E-state index contributed by atoms with van der Waals surface area (Å²) in [7, 11) is 4.40. The molecule has 2 atom stereocenters. The smallest absolute Gasteiger partial charge is 0.0220 e. The van der Waals surface area contributed by atoms with E-state index < -0.39 is 0 Å². The van der Waals surface area contributed by atoms with Crippen LogP contribution in [0, 0.1) is 5.92 Å². The van der Waals surface area contributed by atoms with E-state index in [9.17, 15) is 0 Å². The minimum atomic E-state index is 0.709. The molecule has 1 heterocycles. The largest absolute Gasteiger partial charge is 0.315 e. The van der Waals surface area contributed by atoms with Gasteiger partial charge in [-0.3, -0.25) is 4.90 Å². The number of nitrogens with zero attached hydrogens (tertiary/aromatic N) is 2. The average Bonchev–Trinajstić information content (AvgIpc) is 2.41. The third-order valence-corrected chi connectivity index (χ3v) is 5.09. The van der Waals surface area contributed by atoms with Gasteiger partial charge in [-0.15, -0.1) is 0 Å². The zero-order valence-corrected chi connectivity index (χ0v) is 12.5. The van der Waals surface area contributed by atoms with E-state index in [-0.39, 0.29) is 0 Å². The van der Waals surface area contributed by atoms with Gasteiger partial charge in [0.25, 0.3) is 0 Å². The number of piperazine rings is 1. The molecule has 1 saturated carbocycles. The van der Waals surface area contributed by atoms with Gasteiger partial charge in [0.1, 0.15) is 0 Å². The highest BCUT2D eigenvalue weighted by Crippen LogP contribution is 2.27. The Morgan fingerprint density at radius 1 is 1.17 bits per heavy atom. The average molecular weight is 253 g/mol. The van der Waals surface area contributed by atoms with Gasteiger partial charge in [0.2, 0.25) is 0 Å². The van der Waals surface area contributed by atoms with Crippen LogP contribution in [0.5, 0.6) is 0 Å². The van der Waals surface area contributed by atoms with Crippen LogP contribution in [0.4, 0.5) is 0 Å². The van der Waals surface area contributed by atoms with Gasteiger partial charge in [0.05, 0.1) is 0 Å². The summed E-state index contributed by atoms with van der Waals surface area (Å²) in [6.45, 7) is 7.30. The van der Waals surface area contributed by atoms with Gasteiger partial charge in [-0.2, -0.15) is 0 Å². The number of hydrogen-bond acceptors (Lipinski definition) is 3. The lowest BCUT2D eigenvalue weighted by molar-refractivity contribution is 0.0868. The van der Waals surface area contributed by atoms with E-state index in [2.05, 4.69) is 36.1 Å². The molecule has 0 amide bonds. The summed E-state index contributed by atoms with van der Waals surface area (Å²) in [6.07, 6.45) is 7.23. The molecule has 1 N–H and O–H groups in total. The summed E-state index contributed by atoms with van der Waals surface area (Å²) in [5, 5.41) is 3.59. The molecule has 0 spiro atoms. The van der Waals surface area contributed by atoms with E-state index in [1.807, 2.05) is 0 Å². The van der Waals surface area contributed by atoms with Crippen molar-refractivity contribution < 1.29 is 0 Å². The first-order chi connectivity index (χ1) is 8.70. The summed E-state index contributed by atoms with van der Waals surface area (Å²) in [4.78, 5) is 5.14. The molecule has 0 radical (unpaired) electrons. The van der Waals surface area contributed by atoms with Gasteiger partial charge in [-0.25, -0.2) is 0 Å². The first-order valence-corrected chi connectivity index (χ1v) is 7.80. The van der Waals surface area contributed by atoms with Crippen LogP contribution in [0.3, 0.4) is 0 Å². The molecule has 3 heteroatoms. The van der Waals surface area contributed by atoms with Crippen molar-refractivity contribution in [2.45, 2.75) is 51.1 Å². The molecule has 3 nitrogen and oxygen atoms in total. The molecular weight excluding hydrogens is 222 g/mol. The lowest BCUT2D eigenvalue weighted by Gasteiger charge is -2.41. The molecule has 0 aromatic rings. The molecule has 2 fully saturated rings. The number of rotatable bonds is 4. The Labute approximate surface area is 113 Å². The van der Waals surface area contributed by atoms with Crippen LogP contribution in [0.25, 0.3) is 0 Å². The first kappa shape index (κ1) is 14.3. The molecule has 0 bridgehead atoms. The van der Waals surface area contributed by atoms with Crippen LogP contribution in [0.2, 0.25) is 0 Å². The van der Waals surface area contributed by atoms with Crippen molar-refractivity contribution >= 4 is 0 Å². The Kier molecular flexibility index (Phi) is 5.46. The summed E-state index contributed by atoms with van der Waals surface area (Å²) in [5.74, 6) is 0.915. The molecule has 18 heavy (non-hydrogen) atoms. The van der Waals surface area contributed by atoms with Crippen LogP contribution in [-0.4, -0.2) is 62.2 Å².